The van der Waals surface area contributed by atoms with Crippen molar-refractivity contribution in [2.24, 2.45) is 4.99 Å². The quantitative estimate of drug-likeness (QED) is 0.342. The molecule has 0 saturated heterocycles. The zero-order valence-electron chi connectivity index (χ0n) is 12.8. The molecule has 0 spiro atoms. The van der Waals surface area contributed by atoms with Gasteiger partial charge in [0.15, 0.2) is 5.96 Å². The summed E-state index contributed by atoms with van der Waals surface area (Å²) >= 11 is 0. The highest BCUT2D eigenvalue weighted by atomic mass is 127. The molecule has 0 aliphatic heterocycles. The summed E-state index contributed by atoms with van der Waals surface area (Å²) in [5.74, 6) is 0.880. The molecular weight excluding hydrogens is 373 g/mol. The molecule has 21 heavy (non-hydrogen) atoms. The van der Waals surface area contributed by atoms with Gasteiger partial charge in [-0.25, -0.2) is 0 Å². The summed E-state index contributed by atoms with van der Waals surface area (Å²) in [6, 6.07) is 10.4. The summed E-state index contributed by atoms with van der Waals surface area (Å²) < 4.78 is 0. The summed E-state index contributed by atoms with van der Waals surface area (Å²) in [7, 11) is 1.82. The Morgan fingerprint density at radius 1 is 1.14 bits per heavy atom. The van der Waals surface area contributed by atoms with Gasteiger partial charge in [0.2, 0.25) is 0 Å². The van der Waals surface area contributed by atoms with Crippen LogP contribution in [0.25, 0.3) is 0 Å². The van der Waals surface area contributed by atoms with Gasteiger partial charge in [-0.3, -0.25) is 4.99 Å². The van der Waals surface area contributed by atoms with E-state index in [2.05, 4.69) is 46.0 Å². The van der Waals surface area contributed by atoms with Gasteiger partial charge in [-0.15, -0.1) is 24.0 Å². The van der Waals surface area contributed by atoms with Crippen molar-refractivity contribution in [3.63, 3.8) is 0 Å². The van der Waals surface area contributed by atoms with E-state index in [4.69, 9.17) is 0 Å². The number of halogens is 1. The van der Waals surface area contributed by atoms with Gasteiger partial charge in [0.1, 0.15) is 0 Å². The van der Waals surface area contributed by atoms with E-state index in [1.807, 2.05) is 13.1 Å². The number of benzene rings is 1. The molecule has 0 unspecified atom stereocenters. The van der Waals surface area contributed by atoms with Crippen LogP contribution in [0, 0.1) is 0 Å². The van der Waals surface area contributed by atoms with Crippen molar-refractivity contribution in [1.82, 2.24) is 10.6 Å². The molecule has 0 heterocycles. The Labute approximate surface area is 145 Å². The Balaban J connectivity index is 0.00000220. The lowest BCUT2D eigenvalue weighted by Gasteiger charge is -2.15. The van der Waals surface area contributed by atoms with Gasteiger partial charge in [-0.2, -0.15) is 0 Å². The first kappa shape index (κ1) is 18.0. The minimum absolute atomic E-state index is 0. The molecule has 4 heteroatoms. The molecule has 1 aromatic carbocycles. The molecule has 1 aliphatic carbocycles. The number of rotatable bonds is 5. The third kappa shape index (κ3) is 6.98. The van der Waals surface area contributed by atoms with E-state index >= 15 is 0 Å². The summed E-state index contributed by atoms with van der Waals surface area (Å²) in [6.45, 7) is 1.77. The van der Waals surface area contributed by atoms with Crippen LogP contribution in [-0.2, 0) is 6.54 Å². The van der Waals surface area contributed by atoms with Gasteiger partial charge in [-0.05, 0) is 37.7 Å². The van der Waals surface area contributed by atoms with Crippen molar-refractivity contribution < 1.29 is 0 Å². The van der Waals surface area contributed by atoms with E-state index in [0.29, 0.717) is 0 Å². The van der Waals surface area contributed by atoms with Gasteiger partial charge in [0.25, 0.3) is 0 Å². The monoisotopic (exact) mass is 399 g/mol. The molecule has 0 radical (unpaired) electrons. The van der Waals surface area contributed by atoms with E-state index in [-0.39, 0.29) is 24.0 Å². The van der Waals surface area contributed by atoms with Crippen LogP contribution in [-0.4, -0.2) is 19.6 Å². The SMILES string of the molecule is CN=C(NCCC1=CCCCC1)NCc1ccccc1.I. The van der Waals surface area contributed by atoms with Gasteiger partial charge >= 0.3 is 0 Å². The third-order valence-electron chi connectivity index (χ3n) is 3.65. The Hall–Kier alpha value is -1.04. The molecule has 1 aliphatic rings. The maximum absolute atomic E-state index is 4.26. The number of nitrogens with zero attached hydrogens (tertiary/aromatic N) is 1. The Morgan fingerprint density at radius 2 is 1.95 bits per heavy atom. The predicted octanol–water partition coefficient (Wildman–Crippen LogP) is 3.86. The fourth-order valence-electron chi connectivity index (χ4n) is 2.48. The second kappa shape index (κ2) is 10.7. The normalized spacial score (nSPS) is 14.9. The lowest BCUT2D eigenvalue weighted by atomic mass is 9.97. The molecule has 0 atom stereocenters. The smallest absolute Gasteiger partial charge is 0.191 e. The van der Waals surface area contributed by atoms with Crippen LogP contribution in [0.15, 0.2) is 47.0 Å². The van der Waals surface area contributed by atoms with Gasteiger partial charge in [0, 0.05) is 20.1 Å². The van der Waals surface area contributed by atoms with Crippen molar-refractivity contribution in [1.29, 1.82) is 0 Å². The molecule has 1 aromatic rings. The highest BCUT2D eigenvalue weighted by molar-refractivity contribution is 14.0. The third-order valence-corrected chi connectivity index (χ3v) is 3.65. The highest BCUT2D eigenvalue weighted by Gasteiger charge is 2.04. The average molecular weight is 399 g/mol. The molecule has 0 aromatic heterocycles. The zero-order valence-corrected chi connectivity index (χ0v) is 15.1. The summed E-state index contributed by atoms with van der Waals surface area (Å²) in [5, 5.41) is 6.73. The largest absolute Gasteiger partial charge is 0.356 e. The summed E-state index contributed by atoms with van der Waals surface area (Å²) in [6.07, 6.45) is 8.79. The first-order valence-electron chi connectivity index (χ1n) is 7.55. The van der Waals surface area contributed by atoms with Crippen molar-refractivity contribution >= 4 is 29.9 Å². The lowest BCUT2D eigenvalue weighted by Crippen LogP contribution is -2.37. The minimum atomic E-state index is 0. The fourth-order valence-corrected chi connectivity index (χ4v) is 2.48. The maximum Gasteiger partial charge on any atom is 0.191 e. The Kier molecular flexibility index (Phi) is 9.14. The van der Waals surface area contributed by atoms with Gasteiger partial charge in [-0.1, -0.05) is 42.0 Å². The number of hydrogen-bond donors (Lipinski definition) is 2. The molecule has 0 amide bonds. The maximum atomic E-state index is 4.26. The average Bonchev–Trinajstić information content (AvgIpc) is 2.52. The molecule has 2 N–H and O–H groups in total. The van der Waals surface area contributed by atoms with Crippen LogP contribution in [0.1, 0.15) is 37.7 Å². The summed E-state index contributed by atoms with van der Waals surface area (Å²) in [5.41, 5.74) is 2.87. The van der Waals surface area contributed by atoms with Crippen molar-refractivity contribution in [2.75, 3.05) is 13.6 Å². The standard InChI is InChI=1S/C17H25N3.HI/c1-18-17(20-14-16-10-6-3-7-11-16)19-13-12-15-8-4-2-5-9-15;/h3,6-8,10-11H,2,4-5,9,12-14H2,1H3,(H2,18,19,20);1H. The van der Waals surface area contributed by atoms with Gasteiger partial charge in [0.05, 0.1) is 0 Å². The van der Waals surface area contributed by atoms with Crippen LogP contribution >= 0.6 is 24.0 Å². The number of aliphatic imine (C=N–C) groups is 1. The molecule has 2 rings (SSSR count). The molecule has 3 nitrogen and oxygen atoms in total. The van der Waals surface area contributed by atoms with Crippen LogP contribution in [0.3, 0.4) is 0 Å². The van der Waals surface area contributed by atoms with Crippen molar-refractivity contribution in [3.8, 4) is 0 Å². The molecule has 116 valence electrons. The van der Waals surface area contributed by atoms with Crippen LogP contribution < -0.4 is 10.6 Å². The van der Waals surface area contributed by atoms with Crippen molar-refractivity contribution in [3.05, 3.63) is 47.5 Å². The number of allylic oxidation sites excluding steroid dienone is 1. The second-order valence-corrected chi connectivity index (χ2v) is 5.20. The van der Waals surface area contributed by atoms with Crippen LogP contribution in [0.4, 0.5) is 0 Å². The number of guanidine groups is 1. The van der Waals surface area contributed by atoms with Gasteiger partial charge < -0.3 is 10.6 Å². The molecule has 0 fully saturated rings. The lowest BCUT2D eigenvalue weighted by molar-refractivity contribution is 0.665. The van der Waals surface area contributed by atoms with E-state index < -0.39 is 0 Å². The van der Waals surface area contributed by atoms with E-state index in [9.17, 15) is 0 Å². The van der Waals surface area contributed by atoms with Crippen molar-refractivity contribution in [2.45, 2.75) is 38.6 Å². The number of hydrogen-bond acceptors (Lipinski definition) is 1. The molecule has 0 bridgehead atoms. The topological polar surface area (TPSA) is 36.4 Å². The Morgan fingerprint density at radius 3 is 2.62 bits per heavy atom. The summed E-state index contributed by atoms with van der Waals surface area (Å²) in [4.78, 5) is 4.26. The first-order valence-corrected chi connectivity index (χ1v) is 7.55. The predicted molar refractivity (Wildman–Crippen MR) is 101 cm³/mol. The van der Waals surface area contributed by atoms with E-state index in [1.54, 1.807) is 5.57 Å². The van der Waals surface area contributed by atoms with Crippen LogP contribution in [0.2, 0.25) is 0 Å². The Bertz CT molecular complexity index is 454. The van der Waals surface area contributed by atoms with Crippen LogP contribution in [0.5, 0.6) is 0 Å². The second-order valence-electron chi connectivity index (χ2n) is 5.20. The zero-order chi connectivity index (χ0) is 14.0. The fraction of sp³-hybridized carbons (Fsp3) is 0.471. The highest BCUT2D eigenvalue weighted by Crippen LogP contribution is 2.19. The molecular formula is C17H26IN3. The minimum Gasteiger partial charge on any atom is -0.356 e. The first-order chi connectivity index (χ1) is 9.88. The number of nitrogens with one attached hydrogen (secondary N) is 2. The van der Waals surface area contributed by atoms with E-state index in [0.717, 1.165) is 25.5 Å². The molecule has 0 saturated carbocycles. The van der Waals surface area contributed by atoms with E-state index in [1.165, 1.54) is 31.2 Å².